The van der Waals surface area contributed by atoms with Gasteiger partial charge in [0.05, 0.1) is 11.9 Å². The monoisotopic (exact) mass is 225 g/mol. The van der Waals surface area contributed by atoms with Gasteiger partial charge in [-0.15, -0.1) is 0 Å². The Morgan fingerprint density at radius 3 is 2.80 bits per heavy atom. The van der Waals surface area contributed by atoms with E-state index >= 15 is 0 Å². The van der Waals surface area contributed by atoms with Crippen LogP contribution in [0.4, 0.5) is 5.69 Å². The summed E-state index contributed by atoms with van der Waals surface area (Å²) < 4.78 is 0. The van der Waals surface area contributed by atoms with Gasteiger partial charge in [-0.2, -0.15) is 0 Å². The molecule has 0 saturated carbocycles. The number of rotatable bonds is 2. The van der Waals surface area contributed by atoms with E-state index in [9.17, 15) is 0 Å². The number of likely N-dealkylation sites (N-methyl/N-ethyl adjacent to an activating group) is 1. The third kappa shape index (κ3) is 2.41. The van der Waals surface area contributed by atoms with Gasteiger partial charge in [-0.05, 0) is 32.6 Å². The lowest BCUT2D eigenvalue weighted by atomic mass is 10.2. The summed E-state index contributed by atoms with van der Waals surface area (Å²) >= 11 is 5.76. The van der Waals surface area contributed by atoms with Crippen molar-refractivity contribution >= 4 is 17.3 Å². The molecule has 15 heavy (non-hydrogen) atoms. The largest absolute Gasteiger partial charge is 0.369 e. The third-order valence-electron chi connectivity index (χ3n) is 2.97. The second kappa shape index (κ2) is 4.37. The lowest BCUT2D eigenvalue weighted by Crippen LogP contribution is -2.31. The fraction of sp³-hybridized carbons (Fsp3) is 0.545. The fourth-order valence-corrected chi connectivity index (χ4v) is 2.06. The Morgan fingerprint density at radius 1 is 1.47 bits per heavy atom. The van der Waals surface area contributed by atoms with Crippen LogP contribution in [0.5, 0.6) is 0 Å². The SMILES string of the molecule is CN(C)C1CCN(c2ccc(Cl)nc2)C1. The van der Waals surface area contributed by atoms with Crippen LogP contribution in [0.3, 0.4) is 0 Å². The van der Waals surface area contributed by atoms with Crippen LogP contribution in [0.25, 0.3) is 0 Å². The molecule has 0 aliphatic carbocycles. The summed E-state index contributed by atoms with van der Waals surface area (Å²) in [5.41, 5.74) is 1.17. The molecule has 1 aliphatic rings. The first kappa shape index (κ1) is 10.7. The van der Waals surface area contributed by atoms with Crippen molar-refractivity contribution in [1.82, 2.24) is 9.88 Å². The van der Waals surface area contributed by atoms with Crippen molar-refractivity contribution < 1.29 is 0 Å². The Kier molecular flexibility index (Phi) is 3.12. The molecule has 1 aromatic heterocycles. The smallest absolute Gasteiger partial charge is 0.129 e. The summed E-state index contributed by atoms with van der Waals surface area (Å²) in [5.74, 6) is 0. The summed E-state index contributed by atoms with van der Waals surface area (Å²) in [5, 5.41) is 0.558. The van der Waals surface area contributed by atoms with Crippen LogP contribution in [-0.2, 0) is 0 Å². The van der Waals surface area contributed by atoms with Gasteiger partial charge in [-0.3, -0.25) is 0 Å². The molecule has 1 aromatic rings. The van der Waals surface area contributed by atoms with Crippen LogP contribution >= 0.6 is 11.6 Å². The predicted molar refractivity (Wildman–Crippen MR) is 63.6 cm³/mol. The van der Waals surface area contributed by atoms with Gasteiger partial charge in [-0.1, -0.05) is 11.6 Å². The van der Waals surface area contributed by atoms with Crippen molar-refractivity contribution in [1.29, 1.82) is 0 Å². The highest BCUT2D eigenvalue weighted by molar-refractivity contribution is 6.29. The van der Waals surface area contributed by atoms with Gasteiger partial charge < -0.3 is 9.80 Å². The molecule has 2 rings (SSSR count). The number of hydrogen-bond donors (Lipinski definition) is 0. The number of nitrogens with zero attached hydrogens (tertiary/aromatic N) is 3. The van der Waals surface area contributed by atoms with E-state index in [4.69, 9.17) is 11.6 Å². The molecule has 0 amide bonds. The second-order valence-corrected chi connectivity index (χ2v) is 4.58. The molecule has 0 aromatic carbocycles. The molecule has 1 unspecified atom stereocenters. The highest BCUT2D eigenvalue weighted by Gasteiger charge is 2.23. The zero-order valence-corrected chi connectivity index (χ0v) is 9.91. The first-order chi connectivity index (χ1) is 7.16. The molecule has 0 bridgehead atoms. The molecule has 1 atom stereocenters. The lowest BCUT2D eigenvalue weighted by Gasteiger charge is -2.21. The maximum atomic E-state index is 5.76. The van der Waals surface area contributed by atoms with E-state index in [1.54, 1.807) is 0 Å². The molecule has 0 radical (unpaired) electrons. The molecule has 0 N–H and O–H groups in total. The first-order valence-corrected chi connectivity index (χ1v) is 5.57. The topological polar surface area (TPSA) is 19.4 Å². The van der Waals surface area contributed by atoms with Crippen LogP contribution in [0.15, 0.2) is 18.3 Å². The van der Waals surface area contributed by atoms with Crippen LogP contribution in [-0.4, -0.2) is 43.1 Å². The van der Waals surface area contributed by atoms with E-state index in [-0.39, 0.29) is 0 Å². The van der Waals surface area contributed by atoms with Crippen molar-refractivity contribution in [2.45, 2.75) is 12.5 Å². The van der Waals surface area contributed by atoms with Gasteiger partial charge in [0, 0.05) is 19.1 Å². The van der Waals surface area contributed by atoms with Crippen LogP contribution in [0.2, 0.25) is 5.15 Å². The summed E-state index contributed by atoms with van der Waals surface area (Å²) in [7, 11) is 4.27. The minimum Gasteiger partial charge on any atom is -0.369 e. The number of pyridine rings is 1. The summed E-state index contributed by atoms with van der Waals surface area (Å²) in [6.45, 7) is 2.18. The number of anilines is 1. The summed E-state index contributed by atoms with van der Waals surface area (Å²) in [6.07, 6.45) is 3.07. The van der Waals surface area contributed by atoms with Crippen molar-refractivity contribution in [3.8, 4) is 0 Å². The highest BCUT2D eigenvalue weighted by Crippen LogP contribution is 2.22. The van der Waals surface area contributed by atoms with Crippen LogP contribution < -0.4 is 4.90 Å². The highest BCUT2D eigenvalue weighted by atomic mass is 35.5. The van der Waals surface area contributed by atoms with Crippen LogP contribution in [0, 0.1) is 0 Å². The van der Waals surface area contributed by atoms with Crippen molar-refractivity contribution in [3.63, 3.8) is 0 Å². The van der Waals surface area contributed by atoms with E-state index in [0.29, 0.717) is 11.2 Å². The van der Waals surface area contributed by atoms with E-state index in [0.717, 1.165) is 13.1 Å². The minimum absolute atomic E-state index is 0.558. The molecule has 0 spiro atoms. The molecule has 1 saturated heterocycles. The lowest BCUT2D eigenvalue weighted by molar-refractivity contribution is 0.315. The zero-order valence-electron chi connectivity index (χ0n) is 9.15. The normalized spacial score (nSPS) is 21.3. The van der Waals surface area contributed by atoms with E-state index in [1.807, 2.05) is 18.3 Å². The Labute approximate surface area is 95.7 Å². The predicted octanol–water partition coefficient (Wildman–Crippen LogP) is 1.88. The fourth-order valence-electron chi connectivity index (χ4n) is 1.95. The Bertz CT molecular complexity index is 323. The van der Waals surface area contributed by atoms with Crippen LogP contribution in [0.1, 0.15) is 6.42 Å². The maximum Gasteiger partial charge on any atom is 0.129 e. The average Bonchev–Trinajstić information content (AvgIpc) is 2.68. The quantitative estimate of drug-likeness (QED) is 0.717. The molecule has 4 heteroatoms. The van der Waals surface area contributed by atoms with E-state index in [1.165, 1.54) is 12.1 Å². The summed E-state index contributed by atoms with van der Waals surface area (Å²) in [4.78, 5) is 8.74. The minimum atomic E-state index is 0.558. The van der Waals surface area contributed by atoms with Gasteiger partial charge in [0.1, 0.15) is 5.15 Å². The summed E-state index contributed by atoms with van der Waals surface area (Å²) in [6, 6.07) is 4.54. The van der Waals surface area contributed by atoms with Crippen molar-refractivity contribution in [2.75, 3.05) is 32.1 Å². The standard InChI is InChI=1S/C11H16ClN3/c1-14(2)10-5-6-15(8-10)9-3-4-11(12)13-7-9/h3-4,7,10H,5-6,8H2,1-2H3. The van der Waals surface area contributed by atoms with Crippen molar-refractivity contribution in [2.24, 2.45) is 0 Å². The second-order valence-electron chi connectivity index (χ2n) is 4.19. The zero-order chi connectivity index (χ0) is 10.8. The molecular formula is C11H16ClN3. The van der Waals surface area contributed by atoms with E-state index in [2.05, 4.69) is 28.9 Å². The van der Waals surface area contributed by atoms with Gasteiger partial charge in [-0.25, -0.2) is 4.98 Å². The Hall–Kier alpha value is -0.800. The molecule has 3 nitrogen and oxygen atoms in total. The number of aromatic nitrogens is 1. The number of hydrogen-bond acceptors (Lipinski definition) is 3. The van der Waals surface area contributed by atoms with Gasteiger partial charge in [0.2, 0.25) is 0 Å². The van der Waals surface area contributed by atoms with Gasteiger partial charge >= 0.3 is 0 Å². The van der Waals surface area contributed by atoms with E-state index < -0.39 is 0 Å². The Morgan fingerprint density at radius 2 is 2.27 bits per heavy atom. The molecule has 82 valence electrons. The van der Waals surface area contributed by atoms with Crippen molar-refractivity contribution in [3.05, 3.63) is 23.5 Å². The molecule has 1 aliphatic heterocycles. The molecule has 1 fully saturated rings. The Balaban J connectivity index is 2.04. The van der Waals surface area contributed by atoms with Gasteiger partial charge in [0.15, 0.2) is 0 Å². The number of halogens is 1. The third-order valence-corrected chi connectivity index (χ3v) is 3.19. The average molecular weight is 226 g/mol. The molecule has 2 heterocycles. The maximum absolute atomic E-state index is 5.76. The first-order valence-electron chi connectivity index (χ1n) is 5.20. The molecular weight excluding hydrogens is 210 g/mol. The van der Waals surface area contributed by atoms with Gasteiger partial charge in [0.25, 0.3) is 0 Å².